The molecule has 0 bridgehead atoms. The Morgan fingerprint density at radius 2 is 1.08 bits per heavy atom. The normalized spacial score (nSPS) is 18.2. The molecule has 2 atom stereocenters. The van der Waals surface area contributed by atoms with E-state index in [0.29, 0.717) is 0 Å². The lowest BCUT2D eigenvalue weighted by Gasteiger charge is -2.21. The van der Waals surface area contributed by atoms with Crippen LogP contribution in [-0.4, -0.2) is 0 Å². The molecule has 0 aliphatic carbocycles. The topological polar surface area (TPSA) is 0 Å². The molecule has 0 heteroatoms. The second-order valence-electron chi connectivity index (χ2n) is 4.77. The summed E-state index contributed by atoms with van der Waals surface area (Å²) < 4.78 is 0. The van der Waals surface area contributed by atoms with Gasteiger partial charge >= 0.3 is 0 Å². The van der Waals surface area contributed by atoms with Gasteiger partial charge in [-0.15, -0.1) is 0 Å². The van der Waals surface area contributed by atoms with Crippen molar-refractivity contribution in [2.24, 2.45) is 17.8 Å². The van der Waals surface area contributed by atoms with Crippen molar-refractivity contribution in [2.75, 3.05) is 0 Å². The smallest absolute Gasteiger partial charge is 0.0412 e. The molecule has 0 aromatic rings. The highest BCUT2D eigenvalue weighted by atomic mass is 14.2. The fraction of sp³-hybridized carbons (Fsp3) is 1.00. The van der Waals surface area contributed by atoms with Crippen molar-refractivity contribution < 1.29 is 0 Å². The molecule has 0 aromatic carbocycles. The van der Waals surface area contributed by atoms with E-state index in [9.17, 15) is 0 Å². The maximum atomic E-state index is 2.39. The number of rotatable bonds is 7. The van der Waals surface area contributed by atoms with E-state index in [4.69, 9.17) is 0 Å². The van der Waals surface area contributed by atoms with Gasteiger partial charge in [0.05, 0.1) is 0 Å². The monoisotopic (exact) mass is 184 g/mol. The van der Waals surface area contributed by atoms with E-state index in [-0.39, 0.29) is 0 Å². The van der Waals surface area contributed by atoms with Gasteiger partial charge in [-0.25, -0.2) is 0 Å². The van der Waals surface area contributed by atoms with Gasteiger partial charge in [-0.3, -0.25) is 0 Å². The third-order valence-corrected chi connectivity index (χ3v) is 3.44. The van der Waals surface area contributed by atoms with E-state index >= 15 is 0 Å². The Balaban J connectivity index is 3.74. The van der Waals surface area contributed by atoms with Crippen LogP contribution in [0, 0.1) is 17.8 Å². The van der Waals surface area contributed by atoms with E-state index in [1.807, 2.05) is 0 Å². The van der Waals surface area contributed by atoms with Crippen molar-refractivity contribution in [2.45, 2.75) is 66.7 Å². The van der Waals surface area contributed by atoms with Crippen molar-refractivity contribution in [3.63, 3.8) is 0 Å². The molecule has 0 radical (unpaired) electrons. The van der Waals surface area contributed by atoms with Gasteiger partial charge in [0.1, 0.15) is 0 Å². The predicted molar refractivity (Wildman–Crippen MR) is 61.9 cm³/mol. The van der Waals surface area contributed by atoms with Gasteiger partial charge in [0.25, 0.3) is 0 Å². The zero-order valence-corrected chi connectivity index (χ0v) is 10.3. The fourth-order valence-corrected chi connectivity index (χ4v) is 1.90. The van der Waals surface area contributed by atoms with E-state index in [1.165, 1.54) is 32.1 Å². The van der Waals surface area contributed by atoms with Crippen LogP contribution in [0.25, 0.3) is 0 Å². The Labute approximate surface area is 85.1 Å². The van der Waals surface area contributed by atoms with Crippen LogP contribution < -0.4 is 0 Å². The molecule has 80 valence electrons. The molecule has 0 aliphatic heterocycles. The highest BCUT2D eigenvalue weighted by Gasteiger charge is 2.12. The summed E-state index contributed by atoms with van der Waals surface area (Å²) >= 11 is 0. The minimum absolute atomic E-state index is 0.925. The lowest BCUT2D eigenvalue weighted by Crippen LogP contribution is -2.09. The van der Waals surface area contributed by atoms with Crippen LogP contribution in [0.4, 0.5) is 0 Å². The third kappa shape index (κ3) is 6.12. The first-order chi connectivity index (χ1) is 6.13. The van der Waals surface area contributed by atoms with E-state index in [0.717, 1.165) is 17.8 Å². The molecular formula is C13H28. The zero-order chi connectivity index (χ0) is 10.3. The van der Waals surface area contributed by atoms with Gasteiger partial charge in [-0.1, -0.05) is 53.9 Å². The lowest BCUT2D eigenvalue weighted by atomic mass is 9.85. The van der Waals surface area contributed by atoms with Gasteiger partial charge < -0.3 is 0 Å². The van der Waals surface area contributed by atoms with Crippen LogP contribution in [0.2, 0.25) is 0 Å². The lowest BCUT2D eigenvalue weighted by molar-refractivity contribution is 0.307. The minimum atomic E-state index is 0.925. The molecular weight excluding hydrogens is 156 g/mol. The predicted octanol–water partition coefficient (Wildman–Crippen LogP) is 4.89. The molecule has 0 aliphatic rings. The Hall–Kier alpha value is 0. The first-order valence-electron chi connectivity index (χ1n) is 6.13. The van der Waals surface area contributed by atoms with E-state index in [1.54, 1.807) is 0 Å². The van der Waals surface area contributed by atoms with Crippen molar-refractivity contribution in [1.82, 2.24) is 0 Å². The minimum Gasteiger partial charge on any atom is -0.0651 e. The first-order valence-corrected chi connectivity index (χ1v) is 6.13. The molecule has 0 heterocycles. The molecule has 0 aromatic heterocycles. The SMILES string of the molecule is CCC(C)CC(CC)CC(C)CC. The Morgan fingerprint density at radius 1 is 0.692 bits per heavy atom. The molecule has 2 unspecified atom stereocenters. The van der Waals surface area contributed by atoms with Gasteiger partial charge in [0.2, 0.25) is 0 Å². The van der Waals surface area contributed by atoms with Crippen molar-refractivity contribution in [3.05, 3.63) is 0 Å². The molecule has 0 rings (SSSR count). The summed E-state index contributed by atoms with van der Waals surface area (Å²) in [7, 11) is 0. The van der Waals surface area contributed by atoms with Crippen LogP contribution in [-0.2, 0) is 0 Å². The number of hydrogen-bond acceptors (Lipinski definition) is 0. The van der Waals surface area contributed by atoms with Crippen LogP contribution in [0.3, 0.4) is 0 Å². The molecule has 0 N–H and O–H groups in total. The maximum absolute atomic E-state index is 2.39. The summed E-state index contributed by atoms with van der Waals surface area (Å²) in [5, 5.41) is 0. The fourth-order valence-electron chi connectivity index (χ4n) is 1.90. The summed E-state index contributed by atoms with van der Waals surface area (Å²) in [6.45, 7) is 11.7. The summed E-state index contributed by atoms with van der Waals surface area (Å²) in [4.78, 5) is 0. The number of hydrogen-bond donors (Lipinski definition) is 0. The average molecular weight is 184 g/mol. The van der Waals surface area contributed by atoms with Gasteiger partial charge in [0, 0.05) is 0 Å². The quantitative estimate of drug-likeness (QED) is 0.528. The van der Waals surface area contributed by atoms with Crippen LogP contribution in [0.1, 0.15) is 66.7 Å². The molecule has 0 nitrogen and oxygen atoms in total. The average Bonchev–Trinajstić information content (AvgIpc) is 2.16. The summed E-state index contributed by atoms with van der Waals surface area (Å²) in [6.07, 6.45) is 6.94. The Kier molecular flexibility index (Phi) is 7.41. The van der Waals surface area contributed by atoms with Gasteiger partial charge in [0.15, 0.2) is 0 Å². The van der Waals surface area contributed by atoms with Crippen LogP contribution in [0.15, 0.2) is 0 Å². The van der Waals surface area contributed by atoms with Crippen LogP contribution >= 0.6 is 0 Å². The highest BCUT2D eigenvalue weighted by molar-refractivity contribution is 4.64. The highest BCUT2D eigenvalue weighted by Crippen LogP contribution is 2.25. The van der Waals surface area contributed by atoms with E-state index in [2.05, 4.69) is 34.6 Å². The molecule has 0 saturated heterocycles. The second kappa shape index (κ2) is 7.41. The maximum Gasteiger partial charge on any atom is -0.0412 e. The third-order valence-electron chi connectivity index (χ3n) is 3.44. The zero-order valence-electron chi connectivity index (χ0n) is 10.3. The largest absolute Gasteiger partial charge is 0.0651 e. The van der Waals surface area contributed by atoms with Crippen LogP contribution in [0.5, 0.6) is 0 Å². The van der Waals surface area contributed by atoms with Crippen molar-refractivity contribution in [1.29, 1.82) is 0 Å². The van der Waals surface area contributed by atoms with Gasteiger partial charge in [-0.2, -0.15) is 0 Å². The molecule has 0 fully saturated rings. The molecule has 0 saturated carbocycles. The van der Waals surface area contributed by atoms with Crippen molar-refractivity contribution >= 4 is 0 Å². The first kappa shape index (κ1) is 13.0. The standard InChI is InChI=1S/C13H28/c1-6-11(4)9-13(8-3)10-12(5)7-2/h11-13H,6-10H2,1-5H3. The summed E-state index contributed by atoms with van der Waals surface area (Å²) in [6, 6.07) is 0. The summed E-state index contributed by atoms with van der Waals surface area (Å²) in [5.74, 6) is 2.83. The second-order valence-corrected chi connectivity index (χ2v) is 4.77. The van der Waals surface area contributed by atoms with E-state index < -0.39 is 0 Å². The van der Waals surface area contributed by atoms with Gasteiger partial charge in [-0.05, 0) is 30.6 Å². The molecule has 0 amide bonds. The van der Waals surface area contributed by atoms with Crippen molar-refractivity contribution in [3.8, 4) is 0 Å². The Bertz CT molecular complexity index is 94.6. The Morgan fingerprint density at radius 3 is 1.31 bits per heavy atom. The molecule has 13 heavy (non-hydrogen) atoms. The summed E-state index contributed by atoms with van der Waals surface area (Å²) in [5.41, 5.74) is 0. The molecule has 0 spiro atoms.